The number of hydrogen-bond acceptors (Lipinski definition) is 2. The third-order valence-corrected chi connectivity index (χ3v) is 13.9. The Morgan fingerprint density at radius 3 is 0.759 bits per heavy atom. The van der Waals surface area contributed by atoms with E-state index < -0.39 is 14.3 Å². The molecule has 0 bridgehead atoms. The third kappa shape index (κ3) is 5.82. The Balaban J connectivity index is 1.25. The number of rotatable bonds is 6. The van der Waals surface area contributed by atoms with Gasteiger partial charge in [0.15, 0.2) is 0 Å². The van der Waals surface area contributed by atoms with Crippen LogP contribution in [-0.2, 0) is 9.13 Å². The van der Waals surface area contributed by atoms with Gasteiger partial charge in [-0.2, -0.15) is 0 Å². The van der Waals surface area contributed by atoms with Gasteiger partial charge in [-0.15, -0.1) is 0 Å². The topological polar surface area (TPSA) is 34.1 Å². The zero-order chi connectivity index (χ0) is 37.2. The quantitative estimate of drug-likeness (QED) is 0.126. The van der Waals surface area contributed by atoms with Crippen molar-refractivity contribution in [2.24, 2.45) is 0 Å². The van der Waals surface area contributed by atoms with E-state index in [9.17, 15) is 9.13 Å². The van der Waals surface area contributed by atoms with Crippen LogP contribution in [0.1, 0.15) is 0 Å². The molecule has 0 aromatic heterocycles. The van der Waals surface area contributed by atoms with Gasteiger partial charge in [-0.25, -0.2) is 0 Å². The highest BCUT2D eigenvalue weighted by Gasteiger charge is 2.21. The van der Waals surface area contributed by atoms with Crippen LogP contribution in [-0.4, -0.2) is 26.7 Å². The number of hydrogen-bond donors (Lipinski definition) is 0. The van der Waals surface area contributed by atoms with Gasteiger partial charge < -0.3 is 9.13 Å². The predicted molar refractivity (Wildman–Crippen MR) is 236 cm³/mol. The summed E-state index contributed by atoms with van der Waals surface area (Å²) in [6, 6.07) is 60.4. The van der Waals surface area contributed by atoms with E-state index in [0.29, 0.717) is 0 Å². The van der Waals surface area contributed by atoms with Crippen LogP contribution >= 0.6 is 14.3 Å². The molecule has 0 aliphatic heterocycles. The number of benzene rings is 9. The maximum Gasteiger partial charge on any atom is 0.109 e. The SMILES string of the molecule is CP(C)(=O)c1cccc(-c2c3ccccc3c(-c3ccc(-c4c5ccccc5c(-c5cccc(P(C)(C)=O)c5)c5ccccc45)cc3)c3ccccc23)c1. The average Bonchev–Trinajstić information content (AvgIpc) is 3.18. The summed E-state index contributed by atoms with van der Waals surface area (Å²) in [6.45, 7) is 7.36. The maximum absolute atomic E-state index is 13.2. The Labute approximate surface area is 316 Å². The molecule has 0 saturated heterocycles. The Hall–Kier alpha value is -5.52. The van der Waals surface area contributed by atoms with E-state index in [1.165, 1.54) is 65.3 Å². The van der Waals surface area contributed by atoms with Crippen LogP contribution in [0.25, 0.3) is 87.6 Å². The molecular formula is C50H40O2P2. The molecule has 9 rings (SSSR count). The van der Waals surface area contributed by atoms with Gasteiger partial charge in [-0.3, -0.25) is 0 Å². The highest BCUT2D eigenvalue weighted by atomic mass is 31.2. The summed E-state index contributed by atoms with van der Waals surface area (Å²) in [4.78, 5) is 0. The Morgan fingerprint density at radius 1 is 0.278 bits per heavy atom. The summed E-state index contributed by atoms with van der Waals surface area (Å²) in [5, 5.41) is 11.2. The molecule has 262 valence electrons. The van der Waals surface area contributed by atoms with Crippen molar-refractivity contribution in [3.63, 3.8) is 0 Å². The van der Waals surface area contributed by atoms with Gasteiger partial charge in [0.05, 0.1) is 0 Å². The minimum atomic E-state index is -2.44. The van der Waals surface area contributed by atoms with Crippen molar-refractivity contribution >= 4 is 68.0 Å². The van der Waals surface area contributed by atoms with Crippen LogP contribution in [0.15, 0.2) is 170 Å². The summed E-state index contributed by atoms with van der Waals surface area (Å²) in [6.07, 6.45) is 0. The summed E-state index contributed by atoms with van der Waals surface area (Å²) < 4.78 is 26.3. The van der Waals surface area contributed by atoms with Gasteiger partial charge in [-0.1, -0.05) is 158 Å². The lowest BCUT2D eigenvalue weighted by Gasteiger charge is -2.20. The van der Waals surface area contributed by atoms with Gasteiger partial charge in [-0.05, 0) is 126 Å². The molecule has 54 heavy (non-hydrogen) atoms. The van der Waals surface area contributed by atoms with Crippen molar-refractivity contribution in [2.75, 3.05) is 26.7 Å². The lowest BCUT2D eigenvalue weighted by atomic mass is 9.84. The van der Waals surface area contributed by atoms with Crippen molar-refractivity contribution in [3.8, 4) is 44.5 Å². The van der Waals surface area contributed by atoms with Gasteiger partial charge in [0, 0.05) is 10.6 Å². The second-order valence-electron chi connectivity index (χ2n) is 15.1. The average molecular weight is 735 g/mol. The van der Waals surface area contributed by atoms with Crippen molar-refractivity contribution in [1.29, 1.82) is 0 Å². The Morgan fingerprint density at radius 2 is 0.519 bits per heavy atom. The summed E-state index contributed by atoms with van der Waals surface area (Å²) in [5.41, 5.74) is 9.22. The van der Waals surface area contributed by atoms with Crippen molar-refractivity contribution in [2.45, 2.75) is 0 Å². The number of fused-ring (bicyclic) bond motifs is 4. The fourth-order valence-corrected chi connectivity index (χ4v) is 10.1. The monoisotopic (exact) mass is 734 g/mol. The fraction of sp³-hybridized carbons (Fsp3) is 0.0800. The van der Waals surface area contributed by atoms with E-state index in [1.54, 1.807) is 0 Å². The van der Waals surface area contributed by atoms with Crippen molar-refractivity contribution in [1.82, 2.24) is 0 Å². The first-order chi connectivity index (χ1) is 26.1. The summed E-state index contributed by atoms with van der Waals surface area (Å²) in [5.74, 6) is 0. The predicted octanol–water partition coefficient (Wildman–Crippen LogP) is 13.5. The molecule has 0 unspecified atom stereocenters. The summed E-state index contributed by atoms with van der Waals surface area (Å²) >= 11 is 0. The second-order valence-corrected chi connectivity index (χ2v) is 21.5. The molecule has 0 aliphatic carbocycles. The molecule has 0 aliphatic rings. The smallest absolute Gasteiger partial charge is 0.109 e. The van der Waals surface area contributed by atoms with Crippen LogP contribution in [0.2, 0.25) is 0 Å². The van der Waals surface area contributed by atoms with E-state index in [0.717, 1.165) is 32.9 Å². The third-order valence-electron chi connectivity index (χ3n) is 10.8. The highest BCUT2D eigenvalue weighted by Crippen LogP contribution is 2.47. The molecular weight excluding hydrogens is 694 g/mol. The van der Waals surface area contributed by atoms with Gasteiger partial charge >= 0.3 is 0 Å². The first kappa shape index (κ1) is 34.3. The van der Waals surface area contributed by atoms with E-state index in [1.807, 2.05) is 50.9 Å². The zero-order valence-corrected chi connectivity index (χ0v) is 32.7. The molecule has 9 aromatic carbocycles. The van der Waals surface area contributed by atoms with Gasteiger partial charge in [0.2, 0.25) is 0 Å². The van der Waals surface area contributed by atoms with E-state index >= 15 is 0 Å². The van der Waals surface area contributed by atoms with E-state index in [2.05, 4.69) is 146 Å². The molecule has 0 radical (unpaired) electrons. The van der Waals surface area contributed by atoms with Crippen LogP contribution < -0.4 is 10.6 Å². The van der Waals surface area contributed by atoms with Crippen molar-refractivity contribution in [3.05, 3.63) is 170 Å². The summed E-state index contributed by atoms with van der Waals surface area (Å²) in [7, 11) is -4.88. The molecule has 0 spiro atoms. The van der Waals surface area contributed by atoms with Crippen LogP contribution in [0.4, 0.5) is 0 Å². The van der Waals surface area contributed by atoms with Gasteiger partial charge in [0.25, 0.3) is 0 Å². The lowest BCUT2D eigenvalue weighted by Crippen LogP contribution is -2.02. The second kappa shape index (κ2) is 13.1. The standard InChI is InChI=1S/C50H40O2P2/c1-53(2,51)37-17-13-15-35(31-37)49-43-23-9-5-19-39(43)47(40-20-6-10-24-44(40)49)33-27-29-34(30-28-33)48-41-21-7-11-25-45(41)50(46-26-12-8-22-42(46)48)36-16-14-18-38(32-36)54(3,4)52/h5-32H,1-4H3. The largest absolute Gasteiger partial charge is 0.319 e. The molecule has 0 N–H and O–H groups in total. The zero-order valence-electron chi connectivity index (χ0n) is 30.9. The minimum absolute atomic E-state index is 0.891. The Kier molecular flexibility index (Phi) is 8.31. The molecule has 9 aromatic rings. The van der Waals surface area contributed by atoms with Crippen molar-refractivity contribution < 1.29 is 9.13 Å². The lowest BCUT2D eigenvalue weighted by molar-refractivity contribution is 0.587. The first-order valence-electron chi connectivity index (χ1n) is 18.4. The first-order valence-corrected chi connectivity index (χ1v) is 23.6. The Bertz CT molecular complexity index is 2720. The van der Waals surface area contributed by atoms with Gasteiger partial charge in [0.1, 0.15) is 14.3 Å². The minimum Gasteiger partial charge on any atom is -0.319 e. The van der Waals surface area contributed by atoms with Crippen LogP contribution in [0.3, 0.4) is 0 Å². The molecule has 0 heterocycles. The fourth-order valence-electron chi connectivity index (χ4n) is 8.30. The van der Waals surface area contributed by atoms with Crippen LogP contribution in [0, 0.1) is 0 Å². The normalized spacial score (nSPS) is 12.2. The molecule has 0 fully saturated rings. The van der Waals surface area contributed by atoms with Crippen LogP contribution in [0.5, 0.6) is 0 Å². The molecule has 0 saturated carbocycles. The molecule has 0 atom stereocenters. The highest BCUT2D eigenvalue weighted by molar-refractivity contribution is 7.70. The van der Waals surface area contributed by atoms with E-state index in [-0.39, 0.29) is 0 Å². The maximum atomic E-state index is 13.2. The molecule has 0 amide bonds. The molecule has 4 heteroatoms. The molecule has 2 nitrogen and oxygen atoms in total. The van der Waals surface area contributed by atoms with E-state index in [4.69, 9.17) is 0 Å².